The predicted molar refractivity (Wildman–Crippen MR) is 66.1 cm³/mol. The van der Waals surface area contributed by atoms with Crippen molar-refractivity contribution >= 4 is 0 Å². The number of benzene rings is 1. The summed E-state index contributed by atoms with van der Waals surface area (Å²) >= 11 is 0. The number of hydrogen-bond acceptors (Lipinski definition) is 3. The number of nitrogens with zero attached hydrogens (tertiary/aromatic N) is 1. The molecule has 0 spiro atoms. The molecule has 2 rings (SSSR count). The van der Waals surface area contributed by atoms with Crippen molar-refractivity contribution in [1.82, 2.24) is 5.32 Å². The molecular weight excluding hydrogens is 212 g/mol. The van der Waals surface area contributed by atoms with Gasteiger partial charge in [0.05, 0.1) is 6.07 Å². The summed E-state index contributed by atoms with van der Waals surface area (Å²) in [7, 11) is 0. The zero-order valence-corrected chi connectivity index (χ0v) is 10.2. The molecule has 0 saturated carbocycles. The summed E-state index contributed by atoms with van der Waals surface area (Å²) in [5.74, 6) is -0.180. The molecule has 0 aliphatic carbocycles. The SMILES string of the molecule is C[C@@H]1CN[C@H](c2ccccc2)[C@H](C)[C@]1(O)C#N. The lowest BCUT2D eigenvalue weighted by atomic mass is 9.71. The van der Waals surface area contributed by atoms with E-state index in [9.17, 15) is 10.4 Å². The molecule has 0 aromatic heterocycles. The molecule has 1 fully saturated rings. The lowest BCUT2D eigenvalue weighted by molar-refractivity contribution is -0.0446. The third-order valence-electron chi connectivity index (χ3n) is 3.93. The van der Waals surface area contributed by atoms with Crippen molar-refractivity contribution in [3.8, 4) is 6.07 Å². The van der Waals surface area contributed by atoms with Gasteiger partial charge >= 0.3 is 0 Å². The van der Waals surface area contributed by atoms with Crippen LogP contribution in [0, 0.1) is 23.2 Å². The highest BCUT2D eigenvalue weighted by molar-refractivity contribution is 5.24. The van der Waals surface area contributed by atoms with Crippen LogP contribution in [0.3, 0.4) is 0 Å². The van der Waals surface area contributed by atoms with E-state index >= 15 is 0 Å². The minimum Gasteiger partial charge on any atom is -0.375 e. The maximum Gasteiger partial charge on any atom is 0.159 e. The fourth-order valence-corrected chi connectivity index (χ4v) is 2.62. The molecule has 4 atom stereocenters. The second-order valence-electron chi connectivity index (χ2n) is 4.92. The number of aliphatic hydroxyl groups is 1. The Hall–Kier alpha value is -1.37. The molecule has 1 aliphatic rings. The molecule has 1 aliphatic heterocycles. The van der Waals surface area contributed by atoms with Gasteiger partial charge in [-0.15, -0.1) is 0 Å². The molecule has 1 saturated heterocycles. The van der Waals surface area contributed by atoms with Gasteiger partial charge in [0, 0.05) is 24.4 Å². The van der Waals surface area contributed by atoms with Crippen LogP contribution in [0.2, 0.25) is 0 Å². The van der Waals surface area contributed by atoms with E-state index in [4.69, 9.17) is 0 Å². The first-order valence-corrected chi connectivity index (χ1v) is 6.01. The number of piperidine rings is 1. The summed E-state index contributed by atoms with van der Waals surface area (Å²) in [6.07, 6.45) is 0. The number of nitrogens with one attached hydrogen (secondary N) is 1. The predicted octanol–water partition coefficient (Wildman–Crippen LogP) is 1.86. The van der Waals surface area contributed by atoms with E-state index in [1.54, 1.807) is 0 Å². The smallest absolute Gasteiger partial charge is 0.159 e. The van der Waals surface area contributed by atoms with Crippen molar-refractivity contribution in [1.29, 1.82) is 5.26 Å². The maximum absolute atomic E-state index is 10.4. The molecule has 1 heterocycles. The first-order valence-electron chi connectivity index (χ1n) is 6.01. The standard InChI is InChI=1S/C14H18N2O/c1-10-8-16-13(11(2)14(10,17)9-15)12-6-4-3-5-7-12/h3-7,10-11,13,16-17H,8H2,1-2H3/t10-,11+,13+,14+/m1/s1. The van der Waals surface area contributed by atoms with Crippen LogP contribution in [0.5, 0.6) is 0 Å². The van der Waals surface area contributed by atoms with Crippen molar-refractivity contribution in [2.45, 2.75) is 25.5 Å². The monoisotopic (exact) mass is 230 g/mol. The molecule has 90 valence electrons. The third-order valence-corrected chi connectivity index (χ3v) is 3.93. The average Bonchev–Trinajstić information content (AvgIpc) is 2.37. The van der Waals surface area contributed by atoms with Crippen LogP contribution in [0.15, 0.2) is 30.3 Å². The van der Waals surface area contributed by atoms with E-state index in [2.05, 4.69) is 11.4 Å². The van der Waals surface area contributed by atoms with Crippen molar-refractivity contribution in [3.05, 3.63) is 35.9 Å². The van der Waals surface area contributed by atoms with Gasteiger partial charge in [-0.3, -0.25) is 0 Å². The molecule has 0 radical (unpaired) electrons. The maximum atomic E-state index is 10.4. The third kappa shape index (κ3) is 1.95. The molecular formula is C14H18N2O. The second kappa shape index (κ2) is 4.48. The highest BCUT2D eigenvalue weighted by Crippen LogP contribution is 2.38. The Kier molecular flexibility index (Phi) is 3.19. The number of rotatable bonds is 1. The van der Waals surface area contributed by atoms with Gasteiger partial charge in [0.1, 0.15) is 0 Å². The van der Waals surface area contributed by atoms with Gasteiger partial charge in [-0.2, -0.15) is 5.26 Å². The van der Waals surface area contributed by atoms with Crippen LogP contribution in [-0.4, -0.2) is 17.3 Å². The Morgan fingerprint density at radius 1 is 1.35 bits per heavy atom. The summed E-state index contributed by atoms with van der Waals surface area (Å²) in [5.41, 5.74) is -0.119. The zero-order valence-electron chi connectivity index (χ0n) is 10.2. The summed E-state index contributed by atoms with van der Waals surface area (Å²) in [6, 6.07) is 12.1. The topological polar surface area (TPSA) is 56.0 Å². The van der Waals surface area contributed by atoms with Crippen LogP contribution in [-0.2, 0) is 0 Å². The van der Waals surface area contributed by atoms with Crippen LogP contribution >= 0.6 is 0 Å². The van der Waals surface area contributed by atoms with Crippen LogP contribution in [0.4, 0.5) is 0 Å². The van der Waals surface area contributed by atoms with Crippen molar-refractivity contribution in [2.75, 3.05) is 6.54 Å². The molecule has 3 nitrogen and oxygen atoms in total. The minimum absolute atomic E-state index is 0.0389. The van der Waals surface area contributed by atoms with Gasteiger partial charge in [0.2, 0.25) is 0 Å². The van der Waals surface area contributed by atoms with E-state index in [1.165, 1.54) is 0 Å². The number of nitriles is 1. The molecule has 0 unspecified atom stereocenters. The summed E-state index contributed by atoms with van der Waals surface area (Å²) in [4.78, 5) is 0. The first kappa shape index (κ1) is 12.1. The molecule has 17 heavy (non-hydrogen) atoms. The van der Waals surface area contributed by atoms with E-state index in [-0.39, 0.29) is 17.9 Å². The molecule has 3 heteroatoms. The van der Waals surface area contributed by atoms with E-state index in [0.29, 0.717) is 6.54 Å². The molecule has 0 amide bonds. The van der Waals surface area contributed by atoms with Crippen molar-refractivity contribution < 1.29 is 5.11 Å². The largest absolute Gasteiger partial charge is 0.375 e. The first-order chi connectivity index (χ1) is 8.09. The molecule has 0 bridgehead atoms. The summed E-state index contributed by atoms with van der Waals surface area (Å²) in [6.45, 7) is 4.51. The number of hydrogen-bond donors (Lipinski definition) is 2. The van der Waals surface area contributed by atoms with Crippen LogP contribution < -0.4 is 5.32 Å². The second-order valence-corrected chi connectivity index (χ2v) is 4.92. The van der Waals surface area contributed by atoms with Crippen molar-refractivity contribution in [2.24, 2.45) is 11.8 Å². The highest BCUT2D eigenvalue weighted by Gasteiger charge is 2.47. The molecule has 2 N–H and O–H groups in total. The van der Waals surface area contributed by atoms with Gasteiger partial charge in [0.25, 0.3) is 0 Å². The Morgan fingerprint density at radius 3 is 2.59 bits per heavy atom. The summed E-state index contributed by atoms with van der Waals surface area (Å²) in [5, 5.41) is 23.1. The van der Waals surface area contributed by atoms with Gasteiger partial charge in [-0.25, -0.2) is 0 Å². The van der Waals surface area contributed by atoms with E-state index in [0.717, 1.165) is 5.56 Å². The van der Waals surface area contributed by atoms with Crippen LogP contribution in [0.1, 0.15) is 25.5 Å². The van der Waals surface area contributed by atoms with Gasteiger partial charge in [-0.05, 0) is 5.56 Å². The fraction of sp³-hybridized carbons (Fsp3) is 0.500. The normalized spacial score (nSPS) is 37.4. The Labute approximate surface area is 102 Å². The summed E-state index contributed by atoms with van der Waals surface area (Å²) < 4.78 is 0. The van der Waals surface area contributed by atoms with Gasteiger partial charge in [0.15, 0.2) is 5.60 Å². The minimum atomic E-state index is -1.24. The Bertz CT molecular complexity index is 426. The van der Waals surface area contributed by atoms with E-state index < -0.39 is 5.60 Å². The Balaban J connectivity index is 2.31. The lowest BCUT2D eigenvalue weighted by Gasteiger charge is -2.43. The fourth-order valence-electron chi connectivity index (χ4n) is 2.62. The Morgan fingerprint density at radius 2 is 2.00 bits per heavy atom. The zero-order chi connectivity index (χ0) is 12.5. The highest BCUT2D eigenvalue weighted by atomic mass is 16.3. The van der Waals surface area contributed by atoms with Gasteiger partial charge in [-0.1, -0.05) is 44.2 Å². The van der Waals surface area contributed by atoms with Crippen LogP contribution in [0.25, 0.3) is 0 Å². The average molecular weight is 230 g/mol. The van der Waals surface area contributed by atoms with Crippen molar-refractivity contribution in [3.63, 3.8) is 0 Å². The quantitative estimate of drug-likeness (QED) is 0.724. The molecule has 1 aromatic carbocycles. The molecule has 1 aromatic rings. The van der Waals surface area contributed by atoms with Gasteiger partial charge < -0.3 is 10.4 Å². The lowest BCUT2D eigenvalue weighted by Crippen LogP contribution is -2.55. The van der Waals surface area contributed by atoms with E-state index in [1.807, 2.05) is 44.2 Å².